The van der Waals surface area contributed by atoms with Crippen LogP contribution in [0.2, 0.25) is 0 Å². The summed E-state index contributed by atoms with van der Waals surface area (Å²) in [5, 5.41) is 22.5. The number of phenols is 1. The molecule has 0 unspecified atom stereocenters. The van der Waals surface area contributed by atoms with Gasteiger partial charge in [0, 0.05) is 58.5 Å². The van der Waals surface area contributed by atoms with Crippen LogP contribution in [-0.2, 0) is 9.47 Å². The van der Waals surface area contributed by atoms with Gasteiger partial charge < -0.3 is 24.8 Å². The number of piperazine rings is 1. The van der Waals surface area contributed by atoms with Gasteiger partial charge in [-0.2, -0.15) is 0 Å². The number of benzene rings is 1. The van der Waals surface area contributed by atoms with E-state index in [-0.39, 0.29) is 12.0 Å². The van der Waals surface area contributed by atoms with E-state index in [1.165, 1.54) is 12.8 Å². The molecular formula is C24H34N6O3. The van der Waals surface area contributed by atoms with Gasteiger partial charge in [0.1, 0.15) is 5.75 Å². The molecule has 0 spiro atoms. The van der Waals surface area contributed by atoms with Crippen molar-refractivity contribution in [3.8, 4) is 17.0 Å². The van der Waals surface area contributed by atoms with Crippen LogP contribution in [0, 0.1) is 0 Å². The summed E-state index contributed by atoms with van der Waals surface area (Å²) in [6.07, 6.45) is 2.21. The average molecular weight is 455 g/mol. The molecule has 4 heterocycles. The van der Waals surface area contributed by atoms with Gasteiger partial charge in [-0.15, -0.1) is 10.2 Å². The summed E-state index contributed by atoms with van der Waals surface area (Å²) >= 11 is 0. The SMILES string of the molecule is COC(CN1CCC(N2CCN3c4cc(-c5ccccc5O)nnc4NC[C@H]3C2)CC1)OC. The lowest BCUT2D eigenvalue weighted by Gasteiger charge is -2.49. The summed E-state index contributed by atoms with van der Waals surface area (Å²) in [6.45, 7) is 6.94. The summed E-state index contributed by atoms with van der Waals surface area (Å²) < 4.78 is 10.7. The highest BCUT2D eigenvalue weighted by Gasteiger charge is 2.36. The number of aromatic hydroxyl groups is 1. The molecular weight excluding hydrogens is 420 g/mol. The first kappa shape index (κ1) is 22.3. The number of rotatable bonds is 6. The first-order chi connectivity index (χ1) is 16.2. The van der Waals surface area contributed by atoms with Gasteiger partial charge in [-0.3, -0.25) is 9.80 Å². The third kappa shape index (κ3) is 4.63. The lowest BCUT2D eigenvalue weighted by atomic mass is 9.99. The number of phenolic OH excluding ortho intramolecular Hbond substituents is 1. The molecule has 1 aromatic heterocycles. The molecule has 9 nitrogen and oxygen atoms in total. The van der Waals surface area contributed by atoms with Gasteiger partial charge in [-0.05, 0) is 44.1 Å². The summed E-state index contributed by atoms with van der Waals surface area (Å²) in [5.74, 6) is 1.06. The number of likely N-dealkylation sites (tertiary alicyclic amines) is 1. The molecule has 0 saturated carbocycles. The van der Waals surface area contributed by atoms with Gasteiger partial charge in [0.2, 0.25) is 0 Å². The smallest absolute Gasteiger partial charge is 0.172 e. The van der Waals surface area contributed by atoms with Crippen molar-refractivity contribution < 1.29 is 14.6 Å². The zero-order chi connectivity index (χ0) is 22.8. The minimum Gasteiger partial charge on any atom is -0.507 e. The van der Waals surface area contributed by atoms with E-state index >= 15 is 0 Å². The number of hydrogen-bond acceptors (Lipinski definition) is 9. The highest BCUT2D eigenvalue weighted by Crippen LogP contribution is 2.36. The number of para-hydroxylation sites is 1. The fourth-order valence-electron chi connectivity index (χ4n) is 5.39. The normalized spacial score (nSPS) is 22.2. The molecule has 2 fully saturated rings. The Morgan fingerprint density at radius 3 is 2.61 bits per heavy atom. The van der Waals surface area contributed by atoms with Gasteiger partial charge in [0.15, 0.2) is 12.1 Å². The fourth-order valence-corrected chi connectivity index (χ4v) is 5.39. The molecule has 33 heavy (non-hydrogen) atoms. The average Bonchev–Trinajstić information content (AvgIpc) is 2.87. The number of nitrogens with zero attached hydrogens (tertiary/aromatic N) is 5. The molecule has 3 aliphatic rings. The first-order valence-corrected chi connectivity index (χ1v) is 11.8. The second-order valence-corrected chi connectivity index (χ2v) is 9.14. The molecule has 5 rings (SSSR count). The number of nitrogens with one attached hydrogen (secondary N) is 1. The van der Waals surface area contributed by atoms with Gasteiger partial charge in [0.05, 0.1) is 17.4 Å². The van der Waals surface area contributed by atoms with Crippen LogP contribution in [-0.4, -0.2) is 104 Å². The topological polar surface area (TPSA) is 86.2 Å². The summed E-state index contributed by atoms with van der Waals surface area (Å²) in [5.41, 5.74) is 2.50. The summed E-state index contributed by atoms with van der Waals surface area (Å²) in [6, 6.07) is 10.4. The van der Waals surface area contributed by atoms with Gasteiger partial charge in [0.25, 0.3) is 0 Å². The van der Waals surface area contributed by atoms with Gasteiger partial charge in [-0.1, -0.05) is 12.1 Å². The molecule has 9 heteroatoms. The largest absolute Gasteiger partial charge is 0.507 e. The van der Waals surface area contributed by atoms with E-state index in [4.69, 9.17) is 9.47 Å². The third-order valence-electron chi connectivity index (χ3n) is 7.29. The molecule has 2 aromatic rings. The van der Waals surface area contributed by atoms with Crippen LogP contribution in [0.1, 0.15) is 12.8 Å². The second kappa shape index (κ2) is 9.80. The van der Waals surface area contributed by atoms with Crippen molar-refractivity contribution in [1.82, 2.24) is 20.0 Å². The monoisotopic (exact) mass is 454 g/mol. The number of ether oxygens (including phenoxy) is 2. The number of piperidine rings is 1. The van der Waals surface area contributed by atoms with Gasteiger partial charge in [-0.25, -0.2) is 0 Å². The zero-order valence-electron chi connectivity index (χ0n) is 19.5. The molecule has 0 aliphatic carbocycles. The Balaban J connectivity index is 1.23. The quantitative estimate of drug-likeness (QED) is 0.635. The minimum atomic E-state index is -0.149. The minimum absolute atomic E-state index is 0.149. The van der Waals surface area contributed by atoms with Crippen molar-refractivity contribution in [2.24, 2.45) is 0 Å². The highest BCUT2D eigenvalue weighted by atomic mass is 16.7. The van der Waals surface area contributed by atoms with Crippen LogP contribution in [0.25, 0.3) is 11.3 Å². The highest BCUT2D eigenvalue weighted by molar-refractivity contribution is 5.76. The fraction of sp³-hybridized carbons (Fsp3) is 0.583. The van der Waals surface area contributed by atoms with E-state index in [2.05, 4.69) is 36.3 Å². The number of hydrogen-bond donors (Lipinski definition) is 2. The van der Waals surface area contributed by atoms with Crippen LogP contribution in [0.15, 0.2) is 30.3 Å². The van der Waals surface area contributed by atoms with E-state index < -0.39 is 0 Å². The van der Waals surface area contributed by atoms with Crippen molar-refractivity contribution in [2.45, 2.75) is 31.2 Å². The maximum atomic E-state index is 10.3. The molecule has 1 aromatic carbocycles. The maximum Gasteiger partial charge on any atom is 0.172 e. The van der Waals surface area contributed by atoms with Crippen LogP contribution >= 0.6 is 0 Å². The molecule has 0 bridgehead atoms. The van der Waals surface area contributed by atoms with Crippen LogP contribution in [0.4, 0.5) is 11.5 Å². The number of fused-ring (bicyclic) bond motifs is 3. The molecule has 1 atom stereocenters. The Bertz CT molecular complexity index is 948. The third-order valence-corrected chi connectivity index (χ3v) is 7.29. The Morgan fingerprint density at radius 2 is 1.85 bits per heavy atom. The molecule has 2 saturated heterocycles. The number of aromatic nitrogens is 2. The van der Waals surface area contributed by atoms with Gasteiger partial charge >= 0.3 is 0 Å². The Morgan fingerprint density at radius 1 is 1.06 bits per heavy atom. The lowest BCUT2D eigenvalue weighted by Crippen LogP contribution is -2.61. The predicted octanol–water partition coefficient (Wildman–Crippen LogP) is 1.85. The predicted molar refractivity (Wildman–Crippen MR) is 128 cm³/mol. The van der Waals surface area contributed by atoms with Crippen molar-refractivity contribution in [3.05, 3.63) is 30.3 Å². The molecule has 0 radical (unpaired) electrons. The lowest BCUT2D eigenvalue weighted by molar-refractivity contribution is -0.119. The Kier molecular flexibility index (Phi) is 6.64. The van der Waals surface area contributed by atoms with Crippen LogP contribution in [0.3, 0.4) is 0 Å². The number of methoxy groups -OCH3 is 2. The van der Waals surface area contributed by atoms with E-state index in [1.807, 2.05) is 18.2 Å². The zero-order valence-corrected chi connectivity index (χ0v) is 19.5. The van der Waals surface area contributed by atoms with E-state index in [0.29, 0.717) is 23.3 Å². The molecule has 0 amide bonds. The summed E-state index contributed by atoms with van der Waals surface area (Å²) in [7, 11) is 3.40. The van der Waals surface area contributed by atoms with E-state index in [0.717, 1.165) is 57.3 Å². The molecule has 3 aliphatic heterocycles. The van der Waals surface area contributed by atoms with Crippen LogP contribution < -0.4 is 10.2 Å². The van der Waals surface area contributed by atoms with E-state index in [9.17, 15) is 5.11 Å². The van der Waals surface area contributed by atoms with Crippen molar-refractivity contribution in [1.29, 1.82) is 0 Å². The van der Waals surface area contributed by atoms with E-state index in [1.54, 1.807) is 20.3 Å². The second-order valence-electron chi connectivity index (χ2n) is 9.14. The Labute approximate surface area is 195 Å². The van der Waals surface area contributed by atoms with Crippen molar-refractivity contribution >= 4 is 11.5 Å². The van der Waals surface area contributed by atoms with Crippen molar-refractivity contribution in [3.63, 3.8) is 0 Å². The summed E-state index contributed by atoms with van der Waals surface area (Å²) in [4.78, 5) is 7.59. The van der Waals surface area contributed by atoms with Crippen molar-refractivity contribution in [2.75, 3.05) is 70.2 Å². The number of anilines is 2. The maximum absolute atomic E-state index is 10.3. The standard InChI is InChI=1S/C24H34N6O3/c1-32-23(33-2)16-28-9-7-17(8-10-28)29-11-12-30-18(15-29)14-25-24-21(30)13-20(26-27-24)19-5-3-4-6-22(19)31/h3-6,13,17-18,23,31H,7-12,14-16H2,1-2H3,(H,25,27)/t18-/m0/s1. The first-order valence-electron chi connectivity index (χ1n) is 11.8. The molecule has 178 valence electrons. The Hall–Kier alpha value is -2.46. The van der Waals surface area contributed by atoms with Crippen LogP contribution in [0.5, 0.6) is 5.75 Å². The molecule has 2 N–H and O–H groups in total.